The summed E-state index contributed by atoms with van der Waals surface area (Å²) in [5.41, 5.74) is 8.91. The van der Waals surface area contributed by atoms with Crippen LogP contribution in [0.2, 0.25) is 10.0 Å². The molecule has 0 atom stereocenters. The van der Waals surface area contributed by atoms with Crippen LogP contribution in [0.3, 0.4) is 0 Å². The van der Waals surface area contributed by atoms with Crippen molar-refractivity contribution in [2.45, 2.75) is 0 Å². The monoisotopic (exact) mass is 436 g/mol. The molecule has 1 aliphatic rings. The molecule has 28 heavy (non-hydrogen) atoms. The Morgan fingerprint density at radius 3 is 2.54 bits per heavy atom. The number of hydrogen-bond acceptors (Lipinski definition) is 7. The molecule has 0 bridgehead atoms. The van der Waals surface area contributed by atoms with Crippen LogP contribution in [-0.4, -0.2) is 32.4 Å². The first-order valence-corrected chi connectivity index (χ1v) is 8.71. The fourth-order valence-electron chi connectivity index (χ4n) is 2.28. The van der Waals surface area contributed by atoms with E-state index in [2.05, 4.69) is 15.6 Å². The Hall–Kier alpha value is -3.08. The van der Waals surface area contributed by atoms with Crippen molar-refractivity contribution in [1.82, 2.24) is 5.01 Å². The van der Waals surface area contributed by atoms with Gasteiger partial charge in [0.15, 0.2) is 10.8 Å². The van der Waals surface area contributed by atoms with E-state index in [-0.39, 0.29) is 22.2 Å². The molecular weight excluding hydrogens is 427 g/mol. The van der Waals surface area contributed by atoms with Crippen LogP contribution < -0.4 is 11.2 Å². The lowest BCUT2D eigenvalue weighted by Gasteiger charge is -2.07. The predicted octanol–water partition coefficient (Wildman–Crippen LogP) is 3.16. The SMILES string of the molecule is NC(=S)N1N=C(c2ccc([N+](=O)[O-])cc2)/C(=N\Nc2cc(Cl)ccc2Cl)C1=O. The summed E-state index contributed by atoms with van der Waals surface area (Å²) < 4.78 is 0. The van der Waals surface area contributed by atoms with Gasteiger partial charge in [0.25, 0.3) is 5.69 Å². The third-order valence-corrected chi connectivity index (χ3v) is 4.33. The second-order valence-electron chi connectivity index (χ2n) is 5.40. The van der Waals surface area contributed by atoms with Gasteiger partial charge >= 0.3 is 5.91 Å². The Morgan fingerprint density at radius 1 is 1.25 bits per heavy atom. The average molecular weight is 437 g/mol. The van der Waals surface area contributed by atoms with Gasteiger partial charge in [-0.1, -0.05) is 23.2 Å². The first-order valence-electron chi connectivity index (χ1n) is 7.54. The molecule has 3 rings (SSSR count). The summed E-state index contributed by atoms with van der Waals surface area (Å²) in [6, 6.07) is 10.1. The Morgan fingerprint density at radius 2 is 1.93 bits per heavy atom. The third-order valence-electron chi connectivity index (χ3n) is 3.60. The van der Waals surface area contributed by atoms with Crippen LogP contribution in [0, 0.1) is 10.1 Å². The minimum absolute atomic E-state index is 0.0994. The summed E-state index contributed by atoms with van der Waals surface area (Å²) >= 11 is 16.8. The molecule has 0 spiro atoms. The number of nitrogens with zero attached hydrogens (tertiary/aromatic N) is 4. The number of carbonyl (C=O) groups excluding carboxylic acids is 1. The number of benzene rings is 2. The fraction of sp³-hybridized carbons (Fsp3) is 0. The van der Waals surface area contributed by atoms with Gasteiger partial charge in [0.2, 0.25) is 0 Å². The number of amides is 1. The quantitative estimate of drug-likeness (QED) is 0.430. The number of nitro benzene ring substituents is 1. The molecule has 2 aromatic carbocycles. The van der Waals surface area contributed by atoms with Crippen LogP contribution in [-0.2, 0) is 4.79 Å². The van der Waals surface area contributed by atoms with Gasteiger partial charge in [-0.15, -0.1) is 0 Å². The molecule has 0 aromatic heterocycles. The molecule has 1 aliphatic heterocycles. The Labute approximate surface area is 173 Å². The van der Waals surface area contributed by atoms with Crippen molar-refractivity contribution >= 4 is 69.2 Å². The van der Waals surface area contributed by atoms with Gasteiger partial charge in [0.05, 0.1) is 15.6 Å². The molecule has 0 unspecified atom stereocenters. The topological polar surface area (TPSA) is 126 Å². The fourth-order valence-corrected chi connectivity index (χ4v) is 2.73. The second kappa shape index (κ2) is 7.89. The number of nitrogens with two attached hydrogens (primary N) is 1. The first-order chi connectivity index (χ1) is 13.3. The standard InChI is InChI=1S/C16H10Cl2N6O3S/c17-9-3-6-11(18)12(7-9)20-21-14-13(22-23(15(14)25)16(19)28)8-1-4-10(5-2-8)24(26)27/h1-7,20H,(H2,19,28)/b21-14+. The number of rotatable bonds is 4. The molecule has 1 amide bonds. The summed E-state index contributed by atoms with van der Waals surface area (Å²) in [6.45, 7) is 0. The highest BCUT2D eigenvalue weighted by molar-refractivity contribution is 7.80. The first kappa shape index (κ1) is 19.7. The molecule has 0 aliphatic carbocycles. The number of anilines is 1. The Bertz CT molecular complexity index is 1050. The molecule has 2 aromatic rings. The zero-order valence-electron chi connectivity index (χ0n) is 13.8. The summed E-state index contributed by atoms with van der Waals surface area (Å²) in [5, 5.41) is 20.3. The molecule has 1 heterocycles. The van der Waals surface area contributed by atoms with Gasteiger partial charge in [-0.3, -0.25) is 20.3 Å². The van der Waals surface area contributed by atoms with Crippen LogP contribution in [0.5, 0.6) is 0 Å². The highest BCUT2D eigenvalue weighted by Crippen LogP contribution is 2.26. The minimum Gasteiger partial charge on any atom is -0.374 e. The van der Waals surface area contributed by atoms with E-state index in [1.165, 1.54) is 30.3 Å². The number of hydrogen-bond donors (Lipinski definition) is 2. The summed E-state index contributed by atoms with van der Waals surface area (Å²) in [4.78, 5) is 22.9. The summed E-state index contributed by atoms with van der Waals surface area (Å²) in [5.74, 6) is -0.661. The normalized spacial score (nSPS) is 14.9. The molecule has 0 radical (unpaired) electrons. The van der Waals surface area contributed by atoms with Crippen molar-refractivity contribution in [1.29, 1.82) is 0 Å². The van der Waals surface area contributed by atoms with Crippen molar-refractivity contribution in [3.63, 3.8) is 0 Å². The summed E-state index contributed by atoms with van der Waals surface area (Å²) in [6.07, 6.45) is 0. The van der Waals surface area contributed by atoms with Crippen molar-refractivity contribution in [2.24, 2.45) is 15.9 Å². The van der Waals surface area contributed by atoms with E-state index in [1.807, 2.05) is 0 Å². The van der Waals surface area contributed by atoms with E-state index in [1.54, 1.807) is 12.1 Å². The van der Waals surface area contributed by atoms with E-state index >= 15 is 0 Å². The molecular formula is C16H10Cl2N6O3S. The molecule has 9 nitrogen and oxygen atoms in total. The molecule has 3 N–H and O–H groups in total. The van der Waals surface area contributed by atoms with E-state index in [4.69, 9.17) is 41.2 Å². The molecule has 12 heteroatoms. The number of nitrogens with one attached hydrogen (secondary N) is 1. The Kier molecular flexibility index (Phi) is 5.54. The second-order valence-corrected chi connectivity index (χ2v) is 6.67. The molecule has 0 saturated heterocycles. The average Bonchev–Trinajstić information content (AvgIpc) is 2.99. The molecule has 0 fully saturated rings. The van der Waals surface area contributed by atoms with Crippen LogP contribution in [0.15, 0.2) is 52.7 Å². The van der Waals surface area contributed by atoms with Crippen molar-refractivity contribution in [3.8, 4) is 0 Å². The lowest BCUT2D eigenvalue weighted by atomic mass is 10.1. The highest BCUT2D eigenvalue weighted by Gasteiger charge is 2.35. The largest absolute Gasteiger partial charge is 0.374 e. The maximum absolute atomic E-state index is 12.6. The van der Waals surface area contributed by atoms with Gasteiger partial charge < -0.3 is 5.73 Å². The highest BCUT2D eigenvalue weighted by atomic mass is 35.5. The molecule has 142 valence electrons. The van der Waals surface area contributed by atoms with Crippen LogP contribution in [0.25, 0.3) is 0 Å². The van der Waals surface area contributed by atoms with Crippen LogP contribution in [0.1, 0.15) is 5.56 Å². The maximum Gasteiger partial charge on any atom is 0.303 e. The number of halogens is 2. The zero-order chi connectivity index (χ0) is 20.4. The number of nitro groups is 1. The third kappa shape index (κ3) is 3.93. The number of hydrazone groups is 2. The Balaban J connectivity index is 2.00. The van der Waals surface area contributed by atoms with Crippen molar-refractivity contribution < 1.29 is 9.72 Å². The molecule has 0 saturated carbocycles. The zero-order valence-corrected chi connectivity index (χ0v) is 16.1. The number of thiocarbonyl (C=S) groups is 1. The van der Waals surface area contributed by atoms with Gasteiger partial charge in [0.1, 0.15) is 5.71 Å². The van der Waals surface area contributed by atoms with Gasteiger partial charge in [0, 0.05) is 22.7 Å². The summed E-state index contributed by atoms with van der Waals surface area (Å²) in [7, 11) is 0. The van der Waals surface area contributed by atoms with Crippen molar-refractivity contribution in [2.75, 3.05) is 5.43 Å². The van der Waals surface area contributed by atoms with E-state index in [0.717, 1.165) is 5.01 Å². The smallest absolute Gasteiger partial charge is 0.303 e. The van der Waals surface area contributed by atoms with Gasteiger partial charge in [-0.25, -0.2) is 0 Å². The van der Waals surface area contributed by atoms with Gasteiger partial charge in [-0.2, -0.15) is 15.2 Å². The van der Waals surface area contributed by atoms with Crippen LogP contribution >= 0.6 is 35.4 Å². The lowest BCUT2D eigenvalue weighted by Crippen LogP contribution is -2.36. The number of carbonyl (C=O) groups is 1. The van der Waals surface area contributed by atoms with Crippen molar-refractivity contribution in [3.05, 3.63) is 68.2 Å². The van der Waals surface area contributed by atoms with E-state index in [0.29, 0.717) is 21.3 Å². The van der Waals surface area contributed by atoms with E-state index < -0.39 is 10.8 Å². The minimum atomic E-state index is -0.661. The van der Waals surface area contributed by atoms with Crippen LogP contribution in [0.4, 0.5) is 11.4 Å². The maximum atomic E-state index is 12.6. The van der Waals surface area contributed by atoms with Gasteiger partial charge in [-0.05, 0) is 42.5 Å². The number of non-ortho nitro benzene ring substituents is 1. The van der Waals surface area contributed by atoms with E-state index in [9.17, 15) is 14.9 Å². The lowest BCUT2D eigenvalue weighted by molar-refractivity contribution is -0.384. The predicted molar refractivity (Wildman–Crippen MR) is 111 cm³/mol.